The van der Waals surface area contributed by atoms with Gasteiger partial charge in [-0.3, -0.25) is 4.98 Å². The van der Waals surface area contributed by atoms with E-state index < -0.39 is 11.0 Å². The number of fused-ring (bicyclic) bond motifs is 1. The minimum Gasteiger partial charge on any atom is -0.264 e. The maximum atomic E-state index is 11.4. The molecule has 0 aliphatic heterocycles. The van der Waals surface area contributed by atoms with Gasteiger partial charge in [0.1, 0.15) is 11.0 Å². The number of nitrogens with zero attached hydrogens (tertiary/aromatic N) is 1. The quantitative estimate of drug-likeness (QED) is 0.808. The maximum absolute atomic E-state index is 11.4. The van der Waals surface area contributed by atoms with Gasteiger partial charge < -0.3 is 0 Å². The Morgan fingerprint density at radius 3 is 2.93 bits per heavy atom. The Bertz CT molecular complexity index is 484. The van der Waals surface area contributed by atoms with E-state index in [2.05, 4.69) is 9.71 Å². The molecule has 1 aromatic heterocycles. The zero-order valence-electron chi connectivity index (χ0n) is 7.73. The van der Waals surface area contributed by atoms with Crippen molar-refractivity contribution >= 4 is 21.8 Å². The lowest BCUT2D eigenvalue weighted by atomic mass is 10.2. The number of rotatable bonds is 2. The van der Waals surface area contributed by atoms with Crippen LogP contribution in [0.2, 0.25) is 0 Å². The summed E-state index contributed by atoms with van der Waals surface area (Å²) >= 11 is 0. The Balaban J connectivity index is 2.56. The summed E-state index contributed by atoms with van der Waals surface area (Å²) in [6.07, 6.45) is 3.52. The predicted octanol–water partition coefficient (Wildman–Crippen LogP) is 1.48. The first kappa shape index (κ1) is 9.30. The molecule has 72 valence electrons. The van der Waals surface area contributed by atoms with Gasteiger partial charge in [-0.05, 0) is 30.6 Å². The fourth-order valence-electron chi connectivity index (χ4n) is 1.30. The van der Waals surface area contributed by atoms with E-state index in [1.165, 1.54) is 0 Å². The van der Waals surface area contributed by atoms with Crippen LogP contribution in [0.4, 0.5) is 0 Å². The van der Waals surface area contributed by atoms with E-state index in [0.29, 0.717) is 0 Å². The summed E-state index contributed by atoms with van der Waals surface area (Å²) in [4.78, 5) is 4.79. The van der Waals surface area contributed by atoms with Crippen LogP contribution >= 0.6 is 0 Å². The zero-order chi connectivity index (χ0) is 9.97. The number of aromatic nitrogens is 1. The summed E-state index contributed by atoms with van der Waals surface area (Å²) in [7, 11) is 0.546. The standard InChI is InChI=1S/C10H10N2OS/c1-11-14(13)10-3-2-8-4-5-12-7-9(8)6-10/h2-7,11H,1H3. The smallest absolute Gasteiger partial charge is 0.124 e. The fraction of sp³-hybridized carbons (Fsp3) is 0.100. The van der Waals surface area contributed by atoms with Gasteiger partial charge in [-0.1, -0.05) is 6.07 Å². The van der Waals surface area contributed by atoms with Crippen LogP contribution in [0.1, 0.15) is 0 Å². The molecule has 0 amide bonds. The molecule has 0 bridgehead atoms. The topological polar surface area (TPSA) is 42.0 Å². The third-order valence-corrected chi connectivity index (χ3v) is 3.06. The second-order valence-corrected chi connectivity index (χ2v) is 4.27. The molecule has 0 spiro atoms. The SMILES string of the molecule is CNS(=O)c1ccc2ccncc2c1. The molecule has 0 radical (unpaired) electrons. The minimum atomic E-state index is -1.12. The summed E-state index contributed by atoms with van der Waals surface area (Å²) in [5.74, 6) is 0. The molecule has 2 aromatic rings. The number of benzene rings is 1. The van der Waals surface area contributed by atoms with Crippen LogP contribution in [0.5, 0.6) is 0 Å². The van der Waals surface area contributed by atoms with Gasteiger partial charge in [0.15, 0.2) is 0 Å². The van der Waals surface area contributed by atoms with Crippen molar-refractivity contribution < 1.29 is 4.21 Å². The van der Waals surface area contributed by atoms with E-state index in [0.717, 1.165) is 15.7 Å². The molecule has 1 atom stereocenters. The number of nitrogens with one attached hydrogen (secondary N) is 1. The first-order valence-electron chi connectivity index (χ1n) is 4.24. The summed E-state index contributed by atoms with van der Waals surface area (Å²) in [6.45, 7) is 0. The molecule has 0 aliphatic carbocycles. The molecule has 3 nitrogen and oxygen atoms in total. The van der Waals surface area contributed by atoms with Crippen molar-refractivity contribution in [1.82, 2.24) is 9.71 Å². The van der Waals surface area contributed by atoms with E-state index in [1.54, 1.807) is 19.4 Å². The molecule has 0 saturated carbocycles. The van der Waals surface area contributed by atoms with Gasteiger partial charge in [-0.2, -0.15) is 0 Å². The van der Waals surface area contributed by atoms with Crippen molar-refractivity contribution in [2.24, 2.45) is 0 Å². The van der Waals surface area contributed by atoms with Gasteiger partial charge in [0.2, 0.25) is 0 Å². The van der Waals surface area contributed by atoms with Crippen LogP contribution in [-0.4, -0.2) is 16.2 Å². The summed E-state index contributed by atoms with van der Waals surface area (Å²) in [5.41, 5.74) is 0. The van der Waals surface area contributed by atoms with E-state index in [9.17, 15) is 4.21 Å². The van der Waals surface area contributed by atoms with Crippen LogP contribution in [0.25, 0.3) is 10.8 Å². The number of hydrogen-bond donors (Lipinski definition) is 1. The second-order valence-electron chi connectivity index (χ2n) is 2.86. The Morgan fingerprint density at radius 2 is 2.14 bits per heavy atom. The average Bonchev–Trinajstić information content (AvgIpc) is 2.27. The van der Waals surface area contributed by atoms with Gasteiger partial charge in [-0.15, -0.1) is 0 Å². The minimum absolute atomic E-state index is 0.771. The molecular weight excluding hydrogens is 196 g/mol. The van der Waals surface area contributed by atoms with Crippen molar-refractivity contribution in [3.05, 3.63) is 36.7 Å². The fourth-order valence-corrected chi connectivity index (χ4v) is 1.96. The lowest BCUT2D eigenvalue weighted by Crippen LogP contribution is -2.10. The first-order chi connectivity index (χ1) is 6.81. The molecule has 4 heteroatoms. The maximum Gasteiger partial charge on any atom is 0.124 e. The largest absolute Gasteiger partial charge is 0.264 e. The number of hydrogen-bond acceptors (Lipinski definition) is 2. The lowest BCUT2D eigenvalue weighted by molar-refractivity contribution is 0.678. The molecule has 14 heavy (non-hydrogen) atoms. The Morgan fingerprint density at radius 1 is 1.29 bits per heavy atom. The van der Waals surface area contributed by atoms with Gasteiger partial charge in [0.25, 0.3) is 0 Å². The summed E-state index contributed by atoms with van der Waals surface area (Å²) < 4.78 is 14.1. The van der Waals surface area contributed by atoms with Crippen molar-refractivity contribution in [2.75, 3.05) is 7.05 Å². The molecule has 0 saturated heterocycles. The molecule has 1 unspecified atom stereocenters. The van der Waals surface area contributed by atoms with Crippen molar-refractivity contribution in [2.45, 2.75) is 4.90 Å². The van der Waals surface area contributed by atoms with E-state index in [4.69, 9.17) is 0 Å². The zero-order valence-corrected chi connectivity index (χ0v) is 8.54. The van der Waals surface area contributed by atoms with Crippen molar-refractivity contribution in [1.29, 1.82) is 0 Å². The van der Waals surface area contributed by atoms with Crippen LogP contribution in [0.15, 0.2) is 41.6 Å². The van der Waals surface area contributed by atoms with E-state index >= 15 is 0 Å². The van der Waals surface area contributed by atoms with Gasteiger partial charge in [0.05, 0.1) is 4.90 Å². The molecule has 1 aromatic carbocycles. The van der Waals surface area contributed by atoms with Gasteiger partial charge in [0, 0.05) is 17.8 Å². The van der Waals surface area contributed by atoms with Crippen molar-refractivity contribution in [3.8, 4) is 0 Å². The summed E-state index contributed by atoms with van der Waals surface area (Å²) in [5, 5.41) is 2.12. The molecule has 1 heterocycles. The molecule has 2 rings (SSSR count). The highest BCUT2D eigenvalue weighted by Gasteiger charge is 2.01. The van der Waals surface area contributed by atoms with Crippen LogP contribution in [0, 0.1) is 0 Å². The average molecular weight is 206 g/mol. The van der Waals surface area contributed by atoms with Gasteiger partial charge in [-0.25, -0.2) is 8.93 Å². The third-order valence-electron chi connectivity index (χ3n) is 2.01. The van der Waals surface area contributed by atoms with Crippen molar-refractivity contribution in [3.63, 3.8) is 0 Å². The normalized spacial score (nSPS) is 12.9. The Hall–Kier alpha value is -1.26. The lowest BCUT2D eigenvalue weighted by Gasteiger charge is -2.01. The van der Waals surface area contributed by atoms with Gasteiger partial charge >= 0.3 is 0 Å². The number of pyridine rings is 1. The Labute approximate surface area is 84.8 Å². The Kier molecular flexibility index (Phi) is 2.56. The third kappa shape index (κ3) is 1.66. The van der Waals surface area contributed by atoms with E-state index in [1.807, 2.05) is 24.3 Å². The molecule has 0 fully saturated rings. The monoisotopic (exact) mass is 206 g/mol. The molecule has 1 N–H and O–H groups in total. The highest BCUT2D eigenvalue weighted by molar-refractivity contribution is 7.83. The molecular formula is C10H10N2OS. The van der Waals surface area contributed by atoms with E-state index in [-0.39, 0.29) is 0 Å². The first-order valence-corrected chi connectivity index (χ1v) is 5.39. The summed E-state index contributed by atoms with van der Waals surface area (Å²) in [6, 6.07) is 7.62. The van der Waals surface area contributed by atoms with Crippen LogP contribution < -0.4 is 4.72 Å². The molecule has 0 aliphatic rings. The van der Waals surface area contributed by atoms with Crippen LogP contribution in [-0.2, 0) is 11.0 Å². The second kappa shape index (κ2) is 3.86. The highest BCUT2D eigenvalue weighted by atomic mass is 32.2. The highest BCUT2D eigenvalue weighted by Crippen LogP contribution is 2.15. The van der Waals surface area contributed by atoms with Crippen LogP contribution in [0.3, 0.4) is 0 Å². The predicted molar refractivity (Wildman–Crippen MR) is 57.2 cm³/mol.